The maximum atomic E-state index is 12.3. The number of carbonyl (C=O) groups is 1. The first kappa shape index (κ1) is 12.6. The van der Waals surface area contributed by atoms with Gasteiger partial charge in [-0.3, -0.25) is 4.79 Å². The Morgan fingerprint density at radius 1 is 1.39 bits per heavy atom. The summed E-state index contributed by atoms with van der Waals surface area (Å²) >= 11 is 0. The van der Waals surface area contributed by atoms with E-state index in [-0.39, 0.29) is 11.8 Å². The number of hydrogen-bond donors (Lipinski definition) is 1. The maximum absolute atomic E-state index is 12.3. The zero-order valence-corrected chi connectivity index (χ0v) is 10.7. The molecule has 4 heteroatoms. The molecule has 1 saturated heterocycles. The van der Waals surface area contributed by atoms with Gasteiger partial charge in [0.05, 0.1) is 17.6 Å². The molecule has 4 nitrogen and oxygen atoms in total. The van der Waals surface area contributed by atoms with Crippen LogP contribution in [0.3, 0.4) is 0 Å². The molecular formula is C14H17N3O. The molecule has 0 radical (unpaired) electrons. The lowest BCUT2D eigenvalue weighted by Gasteiger charge is -2.23. The highest BCUT2D eigenvalue weighted by atomic mass is 16.2. The summed E-state index contributed by atoms with van der Waals surface area (Å²) in [7, 11) is 1.79. The first-order chi connectivity index (χ1) is 8.63. The van der Waals surface area contributed by atoms with Crippen LogP contribution < -0.4 is 10.2 Å². The molecule has 1 aliphatic heterocycles. The van der Waals surface area contributed by atoms with Crippen LogP contribution in [0.25, 0.3) is 0 Å². The van der Waals surface area contributed by atoms with Crippen LogP contribution in [0, 0.1) is 23.2 Å². The smallest absolute Gasteiger partial charge is 0.231 e. The standard InChI is InChI=1S/C14H17N3O/c1-10-8-16-9-13(10)14(18)17(2)12-5-3-11(7-15)4-6-12/h3-6,10,13,16H,8-9H2,1-2H3. The molecule has 94 valence electrons. The Labute approximate surface area is 107 Å². The van der Waals surface area contributed by atoms with Crippen molar-refractivity contribution in [2.24, 2.45) is 11.8 Å². The Balaban J connectivity index is 2.12. The van der Waals surface area contributed by atoms with E-state index in [4.69, 9.17) is 5.26 Å². The highest BCUT2D eigenvalue weighted by Gasteiger charge is 2.31. The molecule has 2 atom stereocenters. The summed E-state index contributed by atoms with van der Waals surface area (Å²) in [5.41, 5.74) is 1.44. The monoisotopic (exact) mass is 243 g/mol. The largest absolute Gasteiger partial charge is 0.316 e. The van der Waals surface area contributed by atoms with Gasteiger partial charge in [-0.15, -0.1) is 0 Å². The van der Waals surface area contributed by atoms with Gasteiger partial charge in [0.25, 0.3) is 0 Å². The molecule has 1 heterocycles. The Hall–Kier alpha value is -1.86. The third kappa shape index (κ3) is 2.36. The number of anilines is 1. The summed E-state index contributed by atoms with van der Waals surface area (Å²) in [4.78, 5) is 14.0. The van der Waals surface area contributed by atoms with Crippen molar-refractivity contribution in [2.45, 2.75) is 6.92 Å². The van der Waals surface area contributed by atoms with E-state index in [1.54, 1.807) is 24.1 Å². The fourth-order valence-electron chi connectivity index (χ4n) is 2.28. The van der Waals surface area contributed by atoms with Gasteiger partial charge in [-0.25, -0.2) is 0 Å². The van der Waals surface area contributed by atoms with E-state index >= 15 is 0 Å². The van der Waals surface area contributed by atoms with Crippen molar-refractivity contribution in [3.63, 3.8) is 0 Å². The third-order valence-electron chi connectivity index (χ3n) is 3.55. The summed E-state index contributed by atoms with van der Waals surface area (Å²) in [5, 5.41) is 12.0. The average Bonchev–Trinajstić information content (AvgIpc) is 2.83. The zero-order chi connectivity index (χ0) is 13.1. The van der Waals surface area contributed by atoms with Crippen molar-refractivity contribution in [3.05, 3.63) is 29.8 Å². The molecule has 0 aromatic heterocycles. The van der Waals surface area contributed by atoms with Crippen LogP contribution >= 0.6 is 0 Å². The van der Waals surface area contributed by atoms with Crippen molar-refractivity contribution in [1.29, 1.82) is 5.26 Å². The fraction of sp³-hybridized carbons (Fsp3) is 0.429. The highest BCUT2D eigenvalue weighted by Crippen LogP contribution is 2.22. The SMILES string of the molecule is CC1CNCC1C(=O)N(C)c1ccc(C#N)cc1. The first-order valence-electron chi connectivity index (χ1n) is 6.12. The number of hydrogen-bond acceptors (Lipinski definition) is 3. The molecule has 1 aromatic carbocycles. The molecule has 0 aliphatic carbocycles. The van der Waals surface area contributed by atoms with Gasteiger partial charge < -0.3 is 10.2 Å². The summed E-state index contributed by atoms with van der Waals surface area (Å²) in [6.07, 6.45) is 0. The summed E-state index contributed by atoms with van der Waals surface area (Å²) in [6.45, 7) is 3.74. The molecule has 18 heavy (non-hydrogen) atoms. The second kappa shape index (κ2) is 5.19. The summed E-state index contributed by atoms with van der Waals surface area (Å²) in [6, 6.07) is 9.15. The molecule has 0 spiro atoms. The van der Waals surface area contributed by atoms with Crippen LogP contribution in [0.2, 0.25) is 0 Å². The van der Waals surface area contributed by atoms with Gasteiger partial charge in [0.15, 0.2) is 0 Å². The van der Waals surface area contributed by atoms with E-state index in [2.05, 4.69) is 18.3 Å². The molecule has 1 aliphatic rings. The van der Waals surface area contributed by atoms with Crippen molar-refractivity contribution < 1.29 is 4.79 Å². The minimum Gasteiger partial charge on any atom is -0.316 e. The Bertz CT molecular complexity index is 475. The maximum Gasteiger partial charge on any atom is 0.231 e. The third-order valence-corrected chi connectivity index (χ3v) is 3.55. The number of nitrogens with zero attached hydrogens (tertiary/aromatic N) is 2. The second-order valence-corrected chi connectivity index (χ2v) is 4.80. The number of benzene rings is 1. The Kier molecular flexibility index (Phi) is 3.63. The molecule has 1 fully saturated rings. The lowest BCUT2D eigenvalue weighted by atomic mass is 9.96. The minimum absolute atomic E-state index is 0.0469. The number of nitrogens with one attached hydrogen (secondary N) is 1. The summed E-state index contributed by atoms with van der Waals surface area (Å²) in [5.74, 6) is 0.557. The Morgan fingerprint density at radius 2 is 2.06 bits per heavy atom. The molecule has 1 aromatic rings. The lowest BCUT2D eigenvalue weighted by molar-refractivity contribution is -0.122. The highest BCUT2D eigenvalue weighted by molar-refractivity contribution is 5.95. The normalized spacial score (nSPS) is 22.5. The van der Waals surface area contributed by atoms with E-state index in [9.17, 15) is 4.79 Å². The van der Waals surface area contributed by atoms with Crippen LogP contribution in [0.15, 0.2) is 24.3 Å². The van der Waals surface area contributed by atoms with E-state index in [1.807, 2.05) is 12.1 Å². The van der Waals surface area contributed by atoms with Gasteiger partial charge in [-0.1, -0.05) is 6.92 Å². The van der Waals surface area contributed by atoms with E-state index in [1.165, 1.54) is 0 Å². The average molecular weight is 243 g/mol. The van der Waals surface area contributed by atoms with Crippen LogP contribution in [0.4, 0.5) is 5.69 Å². The van der Waals surface area contributed by atoms with Crippen LogP contribution in [-0.2, 0) is 4.79 Å². The van der Waals surface area contributed by atoms with Gasteiger partial charge in [-0.05, 0) is 36.7 Å². The molecule has 1 amide bonds. The topological polar surface area (TPSA) is 56.1 Å². The van der Waals surface area contributed by atoms with E-state index < -0.39 is 0 Å². The fourth-order valence-corrected chi connectivity index (χ4v) is 2.28. The molecule has 0 saturated carbocycles. The molecular weight excluding hydrogens is 226 g/mol. The molecule has 0 bridgehead atoms. The number of nitriles is 1. The number of rotatable bonds is 2. The molecule has 1 N–H and O–H groups in total. The van der Waals surface area contributed by atoms with Gasteiger partial charge in [0, 0.05) is 19.3 Å². The van der Waals surface area contributed by atoms with Gasteiger partial charge in [0.1, 0.15) is 0 Å². The van der Waals surface area contributed by atoms with Crippen molar-refractivity contribution in [2.75, 3.05) is 25.0 Å². The predicted molar refractivity (Wildman–Crippen MR) is 70.1 cm³/mol. The quantitative estimate of drug-likeness (QED) is 0.853. The Morgan fingerprint density at radius 3 is 2.56 bits per heavy atom. The molecule has 2 unspecified atom stereocenters. The number of amides is 1. The van der Waals surface area contributed by atoms with Crippen molar-refractivity contribution >= 4 is 11.6 Å². The molecule has 2 rings (SSSR count). The van der Waals surface area contributed by atoms with E-state index in [0.29, 0.717) is 11.5 Å². The predicted octanol–water partition coefficient (Wildman–Crippen LogP) is 1.38. The minimum atomic E-state index is 0.0469. The van der Waals surface area contributed by atoms with Gasteiger partial charge in [0.2, 0.25) is 5.91 Å². The van der Waals surface area contributed by atoms with Crippen molar-refractivity contribution in [1.82, 2.24) is 5.32 Å². The van der Waals surface area contributed by atoms with Gasteiger partial charge >= 0.3 is 0 Å². The van der Waals surface area contributed by atoms with E-state index in [0.717, 1.165) is 18.8 Å². The van der Waals surface area contributed by atoms with Crippen LogP contribution in [0.5, 0.6) is 0 Å². The van der Waals surface area contributed by atoms with Crippen LogP contribution in [-0.4, -0.2) is 26.0 Å². The number of carbonyl (C=O) groups excluding carboxylic acids is 1. The lowest BCUT2D eigenvalue weighted by Crippen LogP contribution is -2.36. The summed E-state index contributed by atoms with van der Waals surface area (Å²) < 4.78 is 0. The van der Waals surface area contributed by atoms with Crippen molar-refractivity contribution in [3.8, 4) is 6.07 Å². The van der Waals surface area contributed by atoms with Crippen LogP contribution in [0.1, 0.15) is 12.5 Å². The first-order valence-corrected chi connectivity index (χ1v) is 6.12. The second-order valence-electron chi connectivity index (χ2n) is 4.80. The van der Waals surface area contributed by atoms with Gasteiger partial charge in [-0.2, -0.15) is 5.26 Å². The zero-order valence-electron chi connectivity index (χ0n) is 10.7.